The van der Waals surface area contributed by atoms with Gasteiger partial charge in [-0.3, -0.25) is 4.99 Å². The Hall–Kier alpha value is -1.64. The number of hydrogen-bond donors (Lipinski definition) is 5. The average molecular weight is 288 g/mol. The molecule has 0 aromatic carbocycles. The fourth-order valence-electron chi connectivity index (χ4n) is 2.06. The van der Waals surface area contributed by atoms with Gasteiger partial charge in [0.1, 0.15) is 0 Å². The summed E-state index contributed by atoms with van der Waals surface area (Å²) in [6.07, 6.45) is 0.0840. The first kappa shape index (κ1) is 16.4. The molecule has 8 nitrogen and oxygen atoms in total. The van der Waals surface area contributed by atoms with E-state index in [1.54, 1.807) is 7.05 Å². The molecule has 20 heavy (non-hydrogen) atoms. The lowest BCUT2D eigenvalue weighted by Gasteiger charge is -2.33. The standard InChI is InChI=1S/C12H20N2O6/c1-13-7-3-12(19,6-16)4-8(10(7)20-2)14-9(5-15)11(17)18/h9,13,15-16,19H,3-6H2,1-2H3,(H,17,18)/b14-8+. The number of nitrogens with zero attached hydrogens (tertiary/aromatic N) is 1. The molecule has 0 bridgehead atoms. The minimum absolute atomic E-state index is 0.0539. The number of rotatable bonds is 6. The van der Waals surface area contributed by atoms with Crippen molar-refractivity contribution < 1.29 is 30.0 Å². The van der Waals surface area contributed by atoms with Gasteiger partial charge in [0.2, 0.25) is 0 Å². The number of nitrogens with one attached hydrogen (secondary N) is 1. The maximum atomic E-state index is 10.9. The van der Waals surface area contributed by atoms with Crippen LogP contribution in [-0.4, -0.2) is 71.1 Å². The molecule has 0 heterocycles. The second-order valence-corrected chi connectivity index (χ2v) is 4.61. The maximum absolute atomic E-state index is 10.9. The highest BCUT2D eigenvalue weighted by Gasteiger charge is 2.38. The molecule has 5 N–H and O–H groups in total. The van der Waals surface area contributed by atoms with Gasteiger partial charge in [-0.15, -0.1) is 0 Å². The molecular formula is C12H20N2O6. The van der Waals surface area contributed by atoms with Crippen LogP contribution < -0.4 is 5.32 Å². The van der Waals surface area contributed by atoms with Crippen LogP contribution in [-0.2, 0) is 9.53 Å². The Morgan fingerprint density at radius 2 is 2.15 bits per heavy atom. The van der Waals surface area contributed by atoms with Crippen LogP contribution in [0.1, 0.15) is 12.8 Å². The summed E-state index contributed by atoms with van der Waals surface area (Å²) < 4.78 is 5.19. The Morgan fingerprint density at radius 1 is 1.50 bits per heavy atom. The van der Waals surface area contributed by atoms with Crippen molar-refractivity contribution in [3.8, 4) is 0 Å². The summed E-state index contributed by atoms with van der Waals surface area (Å²) in [5, 5.41) is 40.3. The average Bonchev–Trinajstić information content (AvgIpc) is 2.43. The third-order valence-corrected chi connectivity index (χ3v) is 3.11. The molecule has 1 aliphatic carbocycles. The smallest absolute Gasteiger partial charge is 0.330 e. The number of carbonyl (C=O) groups is 1. The van der Waals surface area contributed by atoms with E-state index in [1.165, 1.54) is 7.11 Å². The number of hydrogen-bond acceptors (Lipinski definition) is 7. The van der Waals surface area contributed by atoms with Crippen molar-refractivity contribution in [2.75, 3.05) is 27.4 Å². The predicted octanol–water partition coefficient (Wildman–Crippen LogP) is -1.53. The number of aliphatic hydroxyl groups excluding tert-OH is 2. The molecule has 0 spiro atoms. The Labute approximate surface area is 116 Å². The van der Waals surface area contributed by atoms with Crippen molar-refractivity contribution in [3.63, 3.8) is 0 Å². The van der Waals surface area contributed by atoms with E-state index in [2.05, 4.69) is 10.3 Å². The van der Waals surface area contributed by atoms with Gasteiger partial charge < -0.3 is 30.5 Å². The Bertz CT molecular complexity index is 434. The monoisotopic (exact) mass is 288 g/mol. The summed E-state index contributed by atoms with van der Waals surface area (Å²) in [7, 11) is 3.02. The predicted molar refractivity (Wildman–Crippen MR) is 70.3 cm³/mol. The lowest BCUT2D eigenvalue weighted by Crippen LogP contribution is -2.43. The molecular weight excluding hydrogens is 268 g/mol. The molecule has 0 fully saturated rings. The van der Waals surface area contributed by atoms with E-state index in [4.69, 9.17) is 14.9 Å². The zero-order chi connectivity index (χ0) is 15.3. The lowest BCUT2D eigenvalue weighted by molar-refractivity contribution is -0.139. The van der Waals surface area contributed by atoms with Crippen LogP contribution >= 0.6 is 0 Å². The highest BCUT2D eigenvalue weighted by atomic mass is 16.5. The Kier molecular flexibility index (Phi) is 5.49. The Morgan fingerprint density at radius 3 is 2.55 bits per heavy atom. The quantitative estimate of drug-likeness (QED) is 0.400. The van der Waals surface area contributed by atoms with Crippen molar-refractivity contribution in [3.05, 3.63) is 11.5 Å². The largest absolute Gasteiger partial charge is 0.493 e. The van der Waals surface area contributed by atoms with Crippen molar-refractivity contribution in [2.45, 2.75) is 24.5 Å². The summed E-state index contributed by atoms with van der Waals surface area (Å²) in [4.78, 5) is 14.9. The molecule has 2 unspecified atom stereocenters. The molecule has 0 aliphatic heterocycles. The van der Waals surface area contributed by atoms with E-state index >= 15 is 0 Å². The minimum Gasteiger partial charge on any atom is -0.493 e. The molecule has 2 atom stereocenters. The van der Waals surface area contributed by atoms with Gasteiger partial charge in [-0.05, 0) is 0 Å². The van der Waals surface area contributed by atoms with Crippen LogP contribution in [0.15, 0.2) is 16.4 Å². The normalized spacial score (nSPS) is 26.6. The highest BCUT2D eigenvalue weighted by molar-refractivity contribution is 6.01. The summed E-state index contributed by atoms with van der Waals surface area (Å²) in [6.45, 7) is -1.16. The van der Waals surface area contributed by atoms with Gasteiger partial charge >= 0.3 is 5.97 Å². The first-order valence-corrected chi connectivity index (χ1v) is 6.09. The van der Waals surface area contributed by atoms with E-state index < -0.39 is 30.8 Å². The van der Waals surface area contributed by atoms with Gasteiger partial charge in [0.15, 0.2) is 11.8 Å². The van der Waals surface area contributed by atoms with Gasteiger partial charge in [-0.1, -0.05) is 0 Å². The molecule has 1 rings (SSSR count). The summed E-state index contributed by atoms with van der Waals surface area (Å²) >= 11 is 0. The molecule has 0 radical (unpaired) electrons. The highest BCUT2D eigenvalue weighted by Crippen LogP contribution is 2.30. The topological polar surface area (TPSA) is 132 Å². The first-order valence-electron chi connectivity index (χ1n) is 6.09. The second kappa shape index (κ2) is 6.69. The van der Waals surface area contributed by atoms with Crippen LogP contribution in [0.5, 0.6) is 0 Å². The Balaban J connectivity index is 3.25. The number of allylic oxidation sites excluding steroid dienone is 1. The molecule has 1 aliphatic rings. The second-order valence-electron chi connectivity index (χ2n) is 4.61. The van der Waals surface area contributed by atoms with Gasteiger partial charge in [0.25, 0.3) is 0 Å². The van der Waals surface area contributed by atoms with Gasteiger partial charge in [0.05, 0.1) is 37.3 Å². The third kappa shape index (κ3) is 3.47. The van der Waals surface area contributed by atoms with Crippen LogP contribution in [0.3, 0.4) is 0 Å². The molecule has 8 heteroatoms. The number of aliphatic hydroxyl groups is 3. The van der Waals surface area contributed by atoms with Gasteiger partial charge in [-0.25, -0.2) is 4.79 Å². The van der Waals surface area contributed by atoms with E-state index in [9.17, 15) is 15.0 Å². The molecule has 0 saturated heterocycles. The van der Waals surface area contributed by atoms with Crippen molar-refractivity contribution in [1.82, 2.24) is 5.32 Å². The lowest BCUT2D eigenvalue weighted by atomic mass is 9.85. The van der Waals surface area contributed by atoms with Crippen LogP contribution in [0.2, 0.25) is 0 Å². The zero-order valence-electron chi connectivity index (χ0n) is 11.5. The third-order valence-electron chi connectivity index (χ3n) is 3.11. The van der Waals surface area contributed by atoms with E-state index in [0.29, 0.717) is 11.5 Å². The molecule has 0 amide bonds. The molecule has 0 saturated carbocycles. The SMILES string of the molecule is CNC1=C(OC)/C(=N/C(CO)C(=O)O)CC(O)(CO)C1. The number of ether oxygens (including phenoxy) is 1. The van der Waals surface area contributed by atoms with Crippen molar-refractivity contribution in [2.24, 2.45) is 4.99 Å². The summed E-state index contributed by atoms with van der Waals surface area (Å²) in [6, 6.07) is -1.34. The van der Waals surface area contributed by atoms with Crippen molar-refractivity contribution >= 4 is 11.7 Å². The maximum Gasteiger partial charge on any atom is 0.330 e. The molecule has 0 aromatic rings. The number of aliphatic carboxylic acids is 1. The first-order chi connectivity index (χ1) is 9.40. The number of aliphatic imine (C=N–C) groups is 1. The van der Waals surface area contributed by atoms with Gasteiger partial charge in [-0.2, -0.15) is 0 Å². The fraction of sp³-hybridized carbons (Fsp3) is 0.667. The number of methoxy groups -OCH3 is 1. The van der Waals surface area contributed by atoms with Crippen molar-refractivity contribution in [1.29, 1.82) is 0 Å². The van der Waals surface area contributed by atoms with E-state index in [1.807, 2.05) is 0 Å². The fourth-order valence-corrected chi connectivity index (χ4v) is 2.06. The van der Waals surface area contributed by atoms with E-state index in [-0.39, 0.29) is 18.6 Å². The minimum atomic E-state index is -1.43. The number of carboxylic acid groups (broad SMARTS) is 1. The summed E-state index contributed by atoms with van der Waals surface area (Å²) in [5.74, 6) is -0.954. The molecule has 114 valence electrons. The summed E-state index contributed by atoms with van der Waals surface area (Å²) in [5.41, 5.74) is -0.727. The van der Waals surface area contributed by atoms with Crippen LogP contribution in [0, 0.1) is 0 Å². The zero-order valence-corrected chi connectivity index (χ0v) is 11.5. The molecule has 0 aromatic heterocycles. The van der Waals surface area contributed by atoms with E-state index in [0.717, 1.165) is 0 Å². The van der Waals surface area contributed by atoms with Crippen LogP contribution in [0.25, 0.3) is 0 Å². The number of carboxylic acids is 1. The van der Waals surface area contributed by atoms with Gasteiger partial charge in [0, 0.05) is 19.9 Å². The van der Waals surface area contributed by atoms with Crippen LogP contribution in [0.4, 0.5) is 0 Å².